The molecule has 0 radical (unpaired) electrons. The number of rotatable bonds is 5. The molecule has 1 amide bonds. The molecule has 2 N–H and O–H groups in total. The van der Waals surface area contributed by atoms with Crippen LogP contribution >= 0.6 is 0 Å². The van der Waals surface area contributed by atoms with Gasteiger partial charge in [0, 0.05) is 31.2 Å². The molecule has 2 aromatic rings. The molecule has 0 aromatic carbocycles. The first-order valence-corrected chi connectivity index (χ1v) is 6.22. The van der Waals surface area contributed by atoms with Gasteiger partial charge < -0.3 is 15.0 Å². The van der Waals surface area contributed by atoms with Gasteiger partial charge in [-0.25, -0.2) is 4.98 Å². The lowest BCUT2D eigenvalue weighted by atomic mass is 10.2. The summed E-state index contributed by atoms with van der Waals surface area (Å²) in [5.41, 5.74) is 0.515. The van der Waals surface area contributed by atoms with Crippen molar-refractivity contribution in [3.63, 3.8) is 0 Å². The summed E-state index contributed by atoms with van der Waals surface area (Å²) in [6.45, 7) is 1.92. The summed E-state index contributed by atoms with van der Waals surface area (Å²) in [4.78, 5) is 16.1. The Balaban J connectivity index is 2.04. The SMILES string of the molecule is C[C@H](CCO)NC(=O)c1ccc(-n2cccc2)nc1. The first-order chi connectivity index (χ1) is 9.20. The molecule has 0 aliphatic heterocycles. The van der Waals surface area contributed by atoms with Gasteiger partial charge in [-0.15, -0.1) is 0 Å². The number of nitrogens with zero attached hydrogens (tertiary/aromatic N) is 2. The van der Waals surface area contributed by atoms with Crippen molar-refractivity contribution in [3.05, 3.63) is 48.4 Å². The Labute approximate surface area is 111 Å². The molecule has 0 aliphatic rings. The minimum absolute atomic E-state index is 0.0541. The topological polar surface area (TPSA) is 67.2 Å². The third kappa shape index (κ3) is 3.42. The quantitative estimate of drug-likeness (QED) is 0.852. The fourth-order valence-electron chi connectivity index (χ4n) is 1.73. The number of aliphatic hydroxyl groups is 1. The maximum atomic E-state index is 11.9. The second-order valence-corrected chi connectivity index (χ2v) is 4.38. The Morgan fingerprint density at radius 3 is 2.74 bits per heavy atom. The zero-order chi connectivity index (χ0) is 13.7. The second kappa shape index (κ2) is 6.15. The molecule has 2 aromatic heterocycles. The average Bonchev–Trinajstić information content (AvgIpc) is 2.93. The standard InChI is InChI=1S/C14H17N3O2/c1-11(6-9-18)16-14(19)12-4-5-13(15-10-12)17-7-2-3-8-17/h2-5,7-8,10-11,18H,6,9H2,1H3,(H,16,19)/t11-/m1/s1. The van der Waals surface area contributed by atoms with Crippen LogP contribution in [0.5, 0.6) is 0 Å². The van der Waals surface area contributed by atoms with E-state index in [1.165, 1.54) is 0 Å². The van der Waals surface area contributed by atoms with Crippen molar-refractivity contribution in [1.29, 1.82) is 0 Å². The Morgan fingerprint density at radius 2 is 2.16 bits per heavy atom. The largest absolute Gasteiger partial charge is 0.396 e. The molecule has 2 rings (SSSR count). The molecule has 0 spiro atoms. The van der Waals surface area contributed by atoms with E-state index in [1.54, 1.807) is 18.3 Å². The van der Waals surface area contributed by atoms with Gasteiger partial charge in [-0.2, -0.15) is 0 Å². The highest BCUT2D eigenvalue weighted by Crippen LogP contribution is 2.06. The smallest absolute Gasteiger partial charge is 0.253 e. The Bertz CT molecular complexity index is 520. The number of hydrogen-bond donors (Lipinski definition) is 2. The Kier molecular flexibility index (Phi) is 4.30. The molecular weight excluding hydrogens is 242 g/mol. The van der Waals surface area contributed by atoms with Crippen molar-refractivity contribution in [2.75, 3.05) is 6.61 Å². The number of hydrogen-bond acceptors (Lipinski definition) is 3. The number of carbonyl (C=O) groups excluding carboxylic acids is 1. The minimum atomic E-state index is -0.174. The third-order valence-corrected chi connectivity index (χ3v) is 2.82. The van der Waals surface area contributed by atoms with Crippen LogP contribution in [0.25, 0.3) is 5.82 Å². The van der Waals surface area contributed by atoms with Gasteiger partial charge in [0.05, 0.1) is 5.56 Å². The molecule has 19 heavy (non-hydrogen) atoms. The van der Waals surface area contributed by atoms with E-state index in [0.717, 1.165) is 5.82 Å². The van der Waals surface area contributed by atoms with E-state index in [-0.39, 0.29) is 18.6 Å². The van der Waals surface area contributed by atoms with Gasteiger partial charge in [0.15, 0.2) is 0 Å². The molecule has 0 aliphatic carbocycles. The lowest BCUT2D eigenvalue weighted by molar-refractivity contribution is 0.0934. The van der Waals surface area contributed by atoms with Crippen molar-refractivity contribution in [3.8, 4) is 5.82 Å². The van der Waals surface area contributed by atoms with Gasteiger partial charge in [0.2, 0.25) is 0 Å². The number of amides is 1. The zero-order valence-electron chi connectivity index (χ0n) is 10.8. The van der Waals surface area contributed by atoms with Crippen LogP contribution in [-0.2, 0) is 0 Å². The molecule has 5 nitrogen and oxygen atoms in total. The van der Waals surface area contributed by atoms with Gasteiger partial charge >= 0.3 is 0 Å². The van der Waals surface area contributed by atoms with Crippen LogP contribution in [0.2, 0.25) is 0 Å². The highest BCUT2D eigenvalue weighted by Gasteiger charge is 2.09. The average molecular weight is 259 g/mol. The lowest BCUT2D eigenvalue weighted by Crippen LogP contribution is -2.33. The highest BCUT2D eigenvalue weighted by atomic mass is 16.3. The summed E-state index contributed by atoms with van der Waals surface area (Å²) >= 11 is 0. The predicted molar refractivity (Wildman–Crippen MR) is 72.2 cm³/mol. The minimum Gasteiger partial charge on any atom is -0.396 e. The number of aliphatic hydroxyl groups excluding tert-OH is 1. The summed E-state index contributed by atoms with van der Waals surface area (Å²) in [7, 11) is 0. The summed E-state index contributed by atoms with van der Waals surface area (Å²) in [5.74, 6) is 0.595. The van der Waals surface area contributed by atoms with Gasteiger partial charge in [0.25, 0.3) is 5.91 Å². The normalized spacial score (nSPS) is 12.1. The van der Waals surface area contributed by atoms with E-state index in [1.807, 2.05) is 36.0 Å². The van der Waals surface area contributed by atoms with Crippen LogP contribution in [0.4, 0.5) is 0 Å². The molecule has 0 bridgehead atoms. The van der Waals surface area contributed by atoms with Crippen molar-refractivity contribution < 1.29 is 9.90 Å². The number of pyridine rings is 1. The van der Waals surface area contributed by atoms with Gasteiger partial charge in [0.1, 0.15) is 5.82 Å². The van der Waals surface area contributed by atoms with E-state index < -0.39 is 0 Å². The summed E-state index contributed by atoms with van der Waals surface area (Å²) < 4.78 is 1.87. The molecule has 100 valence electrons. The van der Waals surface area contributed by atoms with E-state index in [0.29, 0.717) is 12.0 Å². The number of nitrogens with one attached hydrogen (secondary N) is 1. The van der Waals surface area contributed by atoms with E-state index in [9.17, 15) is 4.79 Å². The Morgan fingerprint density at radius 1 is 1.42 bits per heavy atom. The monoisotopic (exact) mass is 259 g/mol. The van der Waals surface area contributed by atoms with Crippen molar-refractivity contribution in [2.24, 2.45) is 0 Å². The molecule has 0 saturated heterocycles. The van der Waals surface area contributed by atoms with E-state index >= 15 is 0 Å². The molecule has 1 atom stereocenters. The summed E-state index contributed by atoms with van der Waals surface area (Å²) in [6.07, 6.45) is 5.88. The number of carbonyl (C=O) groups is 1. The van der Waals surface area contributed by atoms with Crippen LogP contribution in [0.3, 0.4) is 0 Å². The van der Waals surface area contributed by atoms with Crippen LogP contribution in [0, 0.1) is 0 Å². The molecule has 0 fully saturated rings. The van der Waals surface area contributed by atoms with E-state index in [2.05, 4.69) is 10.3 Å². The van der Waals surface area contributed by atoms with Crippen LogP contribution in [-0.4, -0.2) is 33.2 Å². The molecular formula is C14H17N3O2. The fourth-order valence-corrected chi connectivity index (χ4v) is 1.73. The van der Waals surface area contributed by atoms with Crippen molar-refractivity contribution in [2.45, 2.75) is 19.4 Å². The van der Waals surface area contributed by atoms with Gasteiger partial charge in [-0.3, -0.25) is 4.79 Å². The molecule has 5 heteroatoms. The summed E-state index contributed by atoms with van der Waals surface area (Å²) in [5, 5.41) is 11.6. The maximum Gasteiger partial charge on any atom is 0.253 e. The maximum absolute atomic E-state index is 11.9. The molecule has 0 unspecified atom stereocenters. The van der Waals surface area contributed by atoms with E-state index in [4.69, 9.17) is 5.11 Å². The van der Waals surface area contributed by atoms with Crippen molar-refractivity contribution in [1.82, 2.24) is 14.9 Å². The first-order valence-electron chi connectivity index (χ1n) is 6.22. The fraction of sp³-hybridized carbons (Fsp3) is 0.286. The van der Waals surface area contributed by atoms with Crippen LogP contribution in [0.1, 0.15) is 23.7 Å². The Hall–Kier alpha value is -2.14. The first kappa shape index (κ1) is 13.3. The van der Waals surface area contributed by atoms with Crippen LogP contribution < -0.4 is 5.32 Å². The molecule has 2 heterocycles. The third-order valence-electron chi connectivity index (χ3n) is 2.82. The van der Waals surface area contributed by atoms with Gasteiger partial charge in [-0.05, 0) is 37.6 Å². The number of aromatic nitrogens is 2. The zero-order valence-corrected chi connectivity index (χ0v) is 10.8. The molecule has 0 saturated carbocycles. The predicted octanol–water partition coefficient (Wildman–Crippen LogP) is 1.37. The van der Waals surface area contributed by atoms with Gasteiger partial charge in [-0.1, -0.05) is 0 Å². The van der Waals surface area contributed by atoms with Crippen LogP contribution in [0.15, 0.2) is 42.9 Å². The second-order valence-electron chi connectivity index (χ2n) is 4.38. The lowest BCUT2D eigenvalue weighted by Gasteiger charge is -2.12. The highest BCUT2D eigenvalue weighted by molar-refractivity contribution is 5.94. The summed E-state index contributed by atoms with van der Waals surface area (Å²) in [6, 6.07) is 7.31. The van der Waals surface area contributed by atoms with Crippen molar-refractivity contribution >= 4 is 5.91 Å².